The first-order valence-electron chi connectivity index (χ1n) is 5.82. The summed E-state index contributed by atoms with van der Waals surface area (Å²) in [6.07, 6.45) is 2.31. The number of nitrogens with one attached hydrogen (secondary N) is 1. The first-order chi connectivity index (χ1) is 8.60. The fourth-order valence-electron chi connectivity index (χ4n) is 1.48. The zero-order valence-corrected chi connectivity index (χ0v) is 11.6. The molecule has 96 valence electrons. The summed E-state index contributed by atoms with van der Waals surface area (Å²) in [5.74, 6) is 0.447. The Hall–Kier alpha value is -1.36. The molecule has 1 atom stereocenters. The van der Waals surface area contributed by atoms with Gasteiger partial charge in [0.2, 0.25) is 0 Å². The van der Waals surface area contributed by atoms with Gasteiger partial charge in [-0.15, -0.1) is 0 Å². The maximum Gasteiger partial charge on any atom is 0.260 e. The Morgan fingerprint density at radius 2 is 2.28 bits per heavy atom. The summed E-state index contributed by atoms with van der Waals surface area (Å²) in [4.78, 5) is 22.3. The zero-order chi connectivity index (χ0) is 13.1. The van der Waals surface area contributed by atoms with Crippen LogP contribution >= 0.6 is 15.9 Å². The monoisotopic (exact) mass is 311 g/mol. The molecule has 1 aliphatic carbocycles. The molecule has 1 fully saturated rings. The lowest BCUT2D eigenvalue weighted by Gasteiger charge is -2.15. The second-order valence-corrected chi connectivity index (χ2v) is 5.20. The summed E-state index contributed by atoms with van der Waals surface area (Å²) in [5, 5.41) is 2.88. The highest BCUT2D eigenvalue weighted by atomic mass is 79.9. The van der Waals surface area contributed by atoms with Crippen LogP contribution in [0.3, 0.4) is 0 Å². The fraction of sp³-hybridized carbons (Fsp3) is 0.385. The molecule has 1 aromatic carbocycles. The molecular weight excluding hydrogens is 298 g/mol. The predicted octanol–water partition coefficient (Wildman–Crippen LogP) is 2.31. The Balaban J connectivity index is 1.99. The number of carbonyl (C=O) groups is 2. The minimum absolute atomic E-state index is 0.108. The summed E-state index contributed by atoms with van der Waals surface area (Å²) in [7, 11) is 0. The normalized spacial score (nSPS) is 15.9. The van der Waals surface area contributed by atoms with E-state index < -0.39 is 6.10 Å². The molecule has 0 bridgehead atoms. The van der Waals surface area contributed by atoms with Crippen molar-refractivity contribution >= 4 is 28.1 Å². The Bertz CT molecular complexity index is 471. The highest BCUT2D eigenvalue weighted by Crippen LogP contribution is 2.26. The first kappa shape index (κ1) is 13.1. The molecular formula is C13H14BrNO3. The van der Waals surface area contributed by atoms with Crippen molar-refractivity contribution in [2.24, 2.45) is 0 Å². The van der Waals surface area contributed by atoms with Crippen LogP contribution < -0.4 is 10.1 Å². The molecule has 0 saturated heterocycles. The zero-order valence-electron chi connectivity index (χ0n) is 9.98. The lowest BCUT2D eigenvalue weighted by atomic mass is 10.2. The second kappa shape index (κ2) is 5.52. The van der Waals surface area contributed by atoms with Crippen molar-refractivity contribution in [1.29, 1.82) is 0 Å². The maximum atomic E-state index is 11.7. The summed E-state index contributed by atoms with van der Waals surface area (Å²) >= 11 is 3.31. The maximum absolute atomic E-state index is 11.7. The third-order valence-corrected chi connectivity index (χ3v) is 3.31. The van der Waals surface area contributed by atoms with E-state index in [0.29, 0.717) is 21.8 Å². The minimum atomic E-state index is -0.552. The summed E-state index contributed by atoms with van der Waals surface area (Å²) < 4.78 is 6.23. The summed E-state index contributed by atoms with van der Waals surface area (Å²) in [6, 6.07) is 5.31. The standard InChI is InChI=1S/C13H14BrNO3/c1-8(13(17)15-10-3-4-10)18-12-5-2-9(7-16)6-11(12)14/h2,5-8,10H,3-4H2,1H3,(H,15,17). The SMILES string of the molecule is CC(Oc1ccc(C=O)cc1Br)C(=O)NC1CC1. The number of halogens is 1. The Morgan fingerprint density at radius 1 is 1.56 bits per heavy atom. The van der Waals surface area contributed by atoms with Crippen LogP contribution in [0.4, 0.5) is 0 Å². The van der Waals surface area contributed by atoms with Gasteiger partial charge in [0.25, 0.3) is 5.91 Å². The van der Waals surface area contributed by atoms with E-state index in [9.17, 15) is 9.59 Å². The number of benzene rings is 1. The largest absolute Gasteiger partial charge is 0.480 e. The fourth-order valence-corrected chi connectivity index (χ4v) is 1.97. The summed E-state index contributed by atoms with van der Waals surface area (Å²) in [6.45, 7) is 1.71. The van der Waals surface area contributed by atoms with Gasteiger partial charge in [-0.3, -0.25) is 9.59 Å². The molecule has 1 amide bonds. The van der Waals surface area contributed by atoms with Crippen molar-refractivity contribution in [2.45, 2.75) is 31.9 Å². The van der Waals surface area contributed by atoms with Gasteiger partial charge in [-0.2, -0.15) is 0 Å². The highest BCUT2D eigenvalue weighted by Gasteiger charge is 2.26. The van der Waals surface area contributed by atoms with Gasteiger partial charge in [0.15, 0.2) is 6.10 Å². The van der Waals surface area contributed by atoms with Crippen molar-refractivity contribution in [3.05, 3.63) is 28.2 Å². The molecule has 18 heavy (non-hydrogen) atoms. The van der Waals surface area contributed by atoms with E-state index in [1.807, 2.05) is 0 Å². The number of ether oxygens (including phenoxy) is 1. The summed E-state index contributed by atoms with van der Waals surface area (Å²) in [5.41, 5.74) is 0.560. The number of hydrogen-bond acceptors (Lipinski definition) is 3. The number of amides is 1. The van der Waals surface area contributed by atoms with Gasteiger partial charge in [0.1, 0.15) is 12.0 Å². The average Bonchev–Trinajstić information content (AvgIpc) is 3.15. The molecule has 1 aromatic rings. The average molecular weight is 312 g/mol. The van der Waals surface area contributed by atoms with E-state index in [0.717, 1.165) is 19.1 Å². The third-order valence-electron chi connectivity index (χ3n) is 2.69. The van der Waals surface area contributed by atoms with Crippen molar-refractivity contribution in [1.82, 2.24) is 5.32 Å². The van der Waals surface area contributed by atoms with Crippen molar-refractivity contribution in [3.63, 3.8) is 0 Å². The lowest BCUT2D eigenvalue weighted by Crippen LogP contribution is -2.37. The van der Waals surface area contributed by atoms with E-state index in [4.69, 9.17) is 4.74 Å². The van der Waals surface area contributed by atoms with Crippen molar-refractivity contribution in [3.8, 4) is 5.75 Å². The number of carbonyl (C=O) groups excluding carboxylic acids is 2. The van der Waals surface area contributed by atoms with Gasteiger partial charge in [-0.25, -0.2) is 0 Å². The van der Waals surface area contributed by atoms with Gasteiger partial charge in [-0.05, 0) is 53.9 Å². The number of rotatable bonds is 5. The van der Waals surface area contributed by atoms with Gasteiger partial charge in [0, 0.05) is 11.6 Å². The van der Waals surface area contributed by atoms with Gasteiger partial charge in [-0.1, -0.05) is 0 Å². The quantitative estimate of drug-likeness (QED) is 0.849. The van der Waals surface area contributed by atoms with E-state index in [-0.39, 0.29) is 5.91 Å². The van der Waals surface area contributed by atoms with Gasteiger partial charge < -0.3 is 10.1 Å². The van der Waals surface area contributed by atoms with Gasteiger partial charge >= 0.3 is 0 Å². The molecule has 0 radical (unpaired) electrons. The molecule has 5 heteroatoms. The number of aldehydes is 1. The van der Waals surface area contributed by atoms with Crippen LogP contribution in [0, 0.1) is 0 Å². The van der Waals surface area contributed by atoms with Crippen LogP contribution in [0.25, 0.3) is 0 Å². The van der Waals surface area contributed by atoms with Crippen LogP contribution in [0.1, 0.15) is 30.1 Å². The smallest absolute Gasteiger partial charge is 0.260 e. The minimum Gasteiger partial charge on any atom is -0.480 e. The molecule has 0 heterocycles. The van der Waals surface area contributed by atoms with Crippen LogP contribution in [0.15, 0.2) is 22.7 Å². The molecule has 1 aliphatic rings. The molecule has 0 aromatic heterocycles. The molecule has 0 aliphatic heterocycles. The molecule has 2 rings (SSSR count). The molecule has 0 spiro atoms. The van der Waals surface area contributed by atoms with Crippen LogP contribution in [-0.4, -0.2) is 24.3 Å². The Labute approximate surface area is 114 Å². The van der Waals surface area contributed by atoms with Crippen molar-refractivity contribution in [2.75, 3.05) is 0 Å². The van der Waals surface area contributed by atoms with E-state index in [2.05, 4.69) is 21.2 Å². The molecule has 1 N–H and O–H groups in total. The van der Waals surface area contributed by atoms with Crippen LogP contribution in [0.5, 0.6) is 5.75 Å². The van der Waals surface area contributed by atoms with Crippen molar-refractivity contribution < 1.29 is 14.3 Å². The highest BCUT2D eigenvalue weighted by molar-refractivity contribution is 9.10. The predicted molar refractivity (Wildman–Crippen MR) is 70.8 cm³/mol. The topological polar surface area (TPSA) is 55.4 Å². The third kappa shape index (κ3) is 3.32. The number of hydrogen-bond donors (Lipinski definition) is 1. The van der Waals surface area contributed by atoms with E-state index >= 15 is 0 Å². The van der Waals surface area contributed by atoms with E-state index in [1.165, 1.54) is 0 Å². The molecule has 4 nitrogen and oxygen atoms in total. The second-order valence-electron chi connectivity index (χ2n) is 4.35. The van der Waals surface area contributed by atoms with Crippen LogP contribution in [-0.2, 0) is 4.79 Å². The Kier molecular flexibility index (Phi) is 4.01. The first-order valence-corrected chi connectivity index (χ1v) is 6.61. The van der Waals surface area contributed by atoms with E-state index in [1.54, 1.807) is 25.1 Å². The lowest BCUT2D eigenvalue weighted by molar-refractivity contribution is -0.127. The Morgan fingerprint density at radius 3 is 2.83 bits per heavy atom. The van der Waals surface area contributed by atoms with Gasteiger partial charge in [0.05, 0.1) is 4.47 Å². The molecule has 1 saturated carbocycles. The molecule has 1 unspecified atom stereocenters. The van der Waals surface area contributed by atoms with Crippen LogP contribution in [0.2, 0.25) is 0 Å².